The molecule has 2 aromatic rings. The summed E-state index contributed by atoms with van der Waals surface area (Å²) < 4.78 is 0. The van der Waals surface area contributed by atoms with E-state index in [1.807, 2.05) is 6.07 Å². The molecule has 25 heavy (non-hydrogen) atoms. The number of aromatic nitrogens is 1. The normalized spacial score (nSPS) is 13.1. The summed E-state index contributed by atoms with van der Waals surface area (Å²) in [5.74, 6) is 0.533. The van der Waals surface area contributed by atoms with Crippen LogP contribution < -0.4 is 11.1 Å². The molecule has 3 N–H and O–H groups in total. The topological polar surface area (TPSA) is 68.0 Å². The van der Waals surface area contributed by atoms with Crippen LogP contribution >= 0.6 is 24.8 Å². The van der Waals surface area contributed by atoms with Crippen molar-refractivity contribution in [1.82, 2.24) is 10.3 Å². The van der Waals surface area contributed by atoms with Gasteiger partial charge in [0.05, 0.1) is 11.1 Å². The number of pyridine rings is 1. The van der Waals surface area contributed by atoms with E-state index in [9.17, 15) is 4.79 Å². The second-order valence-electron chi connectivity index (χ2n) is 6.60. The average Bonchev–Trinajstić information content (AvgIpc) is 3.35. The molecule has 6 heteroatoms. The smallest absolute Gasteiger partial charge is 0.252 e. The van der Waals surface area contributed by atoms with Gasteiger partial charge in [-0.2, -0.15) is 0 Å². The lowest BCUT2D eigenvalue weighted by Crippen LogP contribution is -2.25. The highest BCUT2D eigenvalue weighted by Crippen LogP contribution is 2.40. The number of fused-ring (bicyclic) bond motifs is 1. The molecule has 1 aromatic heterocycles. The number of amides is 1. The fraction of sp³-hybridized carbons (Fsp3) is 0.474. The van der Waals surface area contributed by atoms with Crippen molar-refractivity contribution in [3.63, 3.8) is 0 Å². The van der Waals surface area contributed by atoms with Gasteiger partial charge in [-0.05, 0) is 63.8 Å². The molecule has 1 heterocycles. The number of hydrogen-bond acceptors (Lipinski definition) is 3. The van der Waals surface area contributed by atoms with Crippen LogP contribution in [0.5, 0.6) is 0 Å². The maximum absolute atomic E-state index is 12.7. The van der Waals surface area contributed by atoms with E-state index in [0.717, 1.165) is 46.1 Å². The van der Waals surface area contributed by atoms with Crippen molar-refractivity contribution in [3.05, 3.63) is 40.6 Å². The van der Waals surface area contributed by atoms with Crippen LogP contribution in [0.2, 0.25) is 0 Å². The Morgan fingerprint density at radius 1 is 1.20 bits per heavy atom. The number of carbonyl (C=O) groups excluding carboxylic acids is 1. The maximum atomic E-state index is 12.7. The summed E-state index contributed by atoms with van der Waals surface area (Å²) in [4.78, 5) is 17.5. The second kappa shape index (κ2) is 9.37. The Balaban J connectivity index is 0.00000156. The number of carbonyl (C=O) groups is 1. The first kappa shape index (κ1) is 21.7. The lowest BCUT2D eigenvalue weighted by Gasteiger charge is -2.12. The molecule has 0 spiro atoms. The standard InChI is InChI=1S/C19H25N3O.2ClH/c1-12-9-13(2)18-15(10-12)16(11-17(22-18)14-5-6-14)19(23)21-8-4-3-7-20;;/h9-11,14H,3-8,20H2,1-2H3,(H,21,23);2*1H. The van der Waals surface area contributed by atoms with Gasteiger partial charge in [-0.3, -0.25) is 9.78 Å². The van der Waals surface area contributed by atoms with Crippen molar-refractivity contribution < 1.29 is 4.79 Å². The molecule has 0 radical (unpaired) electrons. The number of halogens is 2. The molecule has 1 fully saturated rings. The van der Waals surface area contributed by atoms with E-state index < -0.39 is 0 Å². The molecule has 1 aliphatic carbocycles. The Bertz CT molecular complexity index is 745. The summed E-state index contributed by atoms with van der Waals surface area (Å²) in [5, 5.41) is 3.99. The Kier molecular flexibility index (Phi) is 8.13. The Hall–Kier alpha value is -1.36. The molecule has 0 unspecified atom stereocenters. The van der Waals surface area contributed by atoms with E-state index in [1.54, 1.807) is 0 Å². The molecule has 1 aromatic carbocycles. The Morgan fingerprint density at radius 2 is 1.92 bits per heavy atom. The highest BCUT2D eigenvalue weighted by Gasteiger charge is 2.27. The molecule has 1 aliphatic rings. The summed E-state index contributed by atoms with van der Waals surface area (Å²) in [6, 6.07) is 6.20. The molecule has 0 atom stereocenters. The summed E-state index contributed by atoms with van der Waals surface area (Å²) >= 11 is 0. The number of unbranched alkanes of at least 4 members (excludes halogenated alkanes) is 1. The van der Waals surface area contributed by atoms with E-state index in [2.05, 4.69) is 31.3 Å². The highest BCUT2D eigenvalue weighted by atomic mass is 35.5. The van der Waals surface area contributed by atoms with Gasteiger partial charge >= 0.3 is 0 Å². The number of hydrogen-bond donors (Lipinski definition) is 2. The zero-order chi connectivity index (χ0) is 16.4. The largest absolute Gasteiger partial charge is 0.352 e. The lowest BCUT2D eigenvalue weighted by molar-refractivity contribution is 0.0954. The van der Waals surface area contributed by atoms with Gasteiger partial charge in [0.25, 0.3) is 5.91 Å². The number of nitrogens with two attached hydrogens (primary N) is 1. The number of aryl methyl sites for hydroxylation is 2. The summed E-state index contributed by atoms with van der Waals surface area (Å²) in [6.07, 6.45) is 4.21. The van der Waals surface area contributed by atoms with Gasteiger partial charge in [0.2, 0.25) is 0 Å². The van der Waals surface area contributed by atoms with Gasteiger partial charge in [0.15, 0.2) is 0 Å². The molecule has 0 bridgehead atoms. The SMILES string of the molecule is Cc1cc(C)c2nc(C3CC3)cc(C(=O)NCCCCN)c2c1.Cl.Cl. The van der Waals surface area contributed by atoms with Gasteiger partial charge in [-0.25, -0.2) is 0 Å². The third-order valence-electron chi connectivity index (χ3n) is 4.42. The van der Waals surface area contributed by atoms with Gasteiger partial charge in [0, 0.05) is 23.5 Å². The Morgan fingerprint density at radius 3 is 2.56 bits per heavy atom. The van der Waals surface area contributed by atoms with E-state index in [-0.39, 0.29) is 30.7 Å². The van der Waals surface area contributed by atoms with Gasteiger partial charge in [-0.1, -0.05) is 11.6 Å². The maximum Gasteiger partial charge on any atom is 0.252 e. The van der Waals surface area contributed by atoms with Gasteiger partial charge < -0.3 is 11.1 Å². The van der Waals surface area contributed by atoms with Crippen molar-refractivity contribution in [2.45, 2.75) is 45.4 Å². The second-order valence-corrected chi connectivity index (χ2v) is 6.60. The molecule has 1 saturated carbocycles. The molecule has 138 valence electrons. The van der Waals surface area contributed by atoms with Gasteiger partial charge in [-0.15, -0.1) is 24.8 Å². The van der Waals surface area contributed by atoms with Crippen molar-refractivity contribution in [2.75, 3.05) is 13.1 Å². The fourth-order valence-electron chi connectivity index (χ4n) is 3.04. The van der Waals surface area contributed by atoms with Crippen molar-refractivity contribution in [3.8, 4) is 0 Å². The van der Waals surface area contributed by atoms with E-state index in [0.29, 0.717) is 19.0 Å². The third kappa shape index (κ3) is 5.06. The van der Waals surface area contributed by atoms with E-state index in [1.165, 1.54) is 12.8 Å². The molecular formula is C19H27Cl2N3O. The van der Waals surface area contributed by atoms with Crippen LogP contribution in [0.1, 0.15) is 58.8 Å². The van der Waals surface area contributed by atoms with Crippen LogP contribution in [0.3, 0.4) is 0 Å². The highest BCUT2D eigenvalue weighted by molar-refractivity contribution is 6.07. The average molecular weight is 384 g/mol. The minimum Gasteiger partial charge on any atom is -0.352 e. The third-order valence-corrected chi connectivity index (χ3v) is 4.42. The van der Waals surface area contributed by atoms with Crippen LogP contribution in [-0.2, 0) is 0 Å². The first-order chi connectivity index (χ1) is 11.1. The van der Waals surface area contributed by atoms with Crippen LogP contribution in [0.15, 0.2) is 18.2 Å². The van der Waals surface area contributed by atoms with Crippen LogP contribution in [0.25, 0.3) is 10.9 Å². The predicted molar refractivity (Wildman–Crippen MR) is 108 cm³/mol. The van der Waals surface area contributed by atoms with E-state index >= 15 is 0 Å². The number of rotatable bonds is 6. The lowest BCUT2D eigenvalue weighted by atomic mass is 10.00. The van der Waals surface area contributed by atoms with Crippen molar-refractivity contribution in [1.29, 1.82) is 0 Å². The van der Waals surface area contributed by atoms with Gasteiger partial charge in [0.1, 0.15) is 0 Å². The molecule has 3 rings (SSSR count). The van der Waals surface area contributed by atoms with Crippen molar-refractivity contribution in [2.24, 2.45) is 5.73 Å². The minimum absolute atomic E-state index is 0. The molecule has 0 aliphatic heterocycles. The van der Waals surface area contributed by atoms with E-state index in [4.69, 9.17) is 10.7 Å². The van der Waals surface area contributed by atoms with Crippen LogP contribution in [0.4, 0.5) is 0 Å². The first-order valence-corrected chi connectivity index (χ1v) is 8.50. The fourth-order valence-corrected chi connectivity index (χ4v) is 3.04. The number of benzene rings is 1. The minimum atomic E-state index is 0. The van der Waals surface area contributed by atoms with Crippen molar-refractivity contribution >= 4 is 41.6 Å². The first-order valence-electron chi connectivity index (χ1n) is 8.50. The molecular weight excluding hydrogens is 357 g/mol. The molecule has 4 nitrogen and oxygen atoms in total. The monoisotopic (exact) mass is 383 g/mol. The molecule has 0 saturated heterocycles. The quantitative estimate of drug-likeness (QED) is 0.739. The Labute approximate surface area is 161 Å². The molecule has 1 amide bonds. The summed E-state index contributed by atoms with van der Waals surface area (Å²) in [7, 11) is 0. The van der Waals surface area contributed by atoms with Crippen LogP contribution in [0, 0.1) is 13.8 Å². The predicted octanol–water partition coefficient (Wildman–Crippen LogP) is 4.04. The summed E-state index contributed by atoms with van der Waals surface area (Å²) in [6.45, 7) is 5.47. The summed E-state index contributed by atoms with van der Waals surface area (Å²) in [5.41, 5.74) is 10.6. The zero-order valence-electron chi connectivity index (χ0n) is 14.8. The number of nitrogens with zero attached hydrogens (tertiary/aromatic N) is 1. The number of nitrogens with one attached hydrogen (secondary N) is 1. The zero-order valence-corrected chi connectivity index (χ0v) is 16.4. The van der Waals surface area contributed by atoms with Crippen LogP contribution in [-0.4, -0.2) is 24.0 Å².